The predicted molar refractivity (Wildman–Crippen MR) is 80.4 cm³/mol. The van der Waals surface area contributed by atoms with E-state index in [0.717, 1.165) is 32.4 Å². The maximum absolute atomic E-state index is 7.53. The number of rotatable bonds is 8. The van der Waals surface area contributed by atoms with Gasteiger partial charge in [-0.1, -0.05) is 13.8 Å². The minimum atomic E-state index is -0.175. The summed E-state index contributed by atoms with van der Waals surface area (Å²) in [7, 11) is 2.14. The number of nitrogens with two attached hydrogens (primary N) is 1. The van der Waals surface area contributed by atoms with Crippen molar-refractivity contribution in [3.63, 3.8) is 0 Å². The van der Waals surface area contributed by atoms with Gasteiger partial charge in [-0.15, -0.1) is 0 Å². The van der Waals surface area contributed by atoms with Crippen molar-refractivity contribution in [2.75, 3.05) is 20.1 Å². The Morgan fingerprint density at radius 2 is 1.95 bits per heavy atom. The van der Waals surface area contributed by atoms with Gasteiger partial charge in [-0.25, -0.2) is 0 Å². The Kier molecular flexibility index (Phi) is 5.96. The van der Waals surface area contributed by atoms with Crippen LogP contribution >= 0.6 is 0 Å². The summed E-state index contributed by atoms with van der Waals surface area (Å²) >= 11 is 0. The third-order valence-corrected chi connectivity index (χ3v) is 3.60. The maximum atomic E-state index is 7.53. The minimum absolute atomic E-state index is 0.175. The molecule has 0 aliphatic heterocycles. The van der Waals surface area contributed by atoms with Crippen molar-refractivity contribution in [3.05, 3.63) is 30.1 Å². The van der Waals surface area contributed by atoms with E-state index >= 15 is 0 Å². The molecule has 19 heavy (non-hydrogen) atoms. The van der Waals surface area contributed by atoms with Gasteiger partial charge in [0.25, 0.3) is 0 Å². The molecular weight excluding hydrogens is 236 g/mol. The SMILES string of the molecule is CN(CCCC(C)(C)C(=N)N)CCc1ccncc1. The Hall–Kier alpha value is -1.42. The molecule has 0 aromatic carbocycles. The Morgan fingerprint density at radius 3 is 2.53 bits per heavy atom. The van der Waals surface area contributed by atoms with Crippen LogP contribution < -0.4 is 5.73 Å². The van der Waals surface area contributed by atoms with Crippen molar-refractivity contribution in [1.29, 1.82) is 5.41 Å². The highest BCUT2D eigenvalue weighted by molar-refractivity contribution is 5.82. The van der Waals surface area contributed by atoms with Gasteiger partial charge in [-0.05, 0) is 50.6 Å². The smallest absolute Gasteiger partial charge is 0.0963 e. The van der Waals surface area contributed by atoms with E-state index in [1.54, 1.807) is 0 Å². The molecule has 3 N–H and O–H groups in total. The van der Waals surface area contributed by atoms with Crippen molar-refractivity contribution >= 4 is 5.84 Å². The van der Waals surface area contributed by atoms with Crippen LogP contribution in [0.2, 0.25) is 0 Å². The first kappa shape index (κ1) is 15.6. The summed E-state index contributed by atoms with van der Waals surface area (Å²) in [5, 5.41) is 7.53. The van der Waals surface area contributed by atoms with Gasteiger partial charge in [-0.2, -0.15) is 0 Å². The van der Waals surface area contributed by atoms with E-state index in [1.165, 1.54) is 5.56 Å². The zero-order valence-corrected chi connectivity index (χ0v) is 12.3. The lowest BCUT2D eigenvalue weighted by Crippen LogP contribution is -2.32. The molecule has 1 aromatic heterocycles. The van der Waals surface area contributed by atoms with E-state index in [4.69, 9.17) is 11.1 Å². The zero-order valence-electron chi connectivity index (χ0n) is 12.3. The van der Waals surface area contributed by atoms with E-state index < -0.39 is 0 Å². The van der Waals surface area contributed by atoms with Crippen molar-refractivity contribution in [2.45, 2.75) is 33.1 Å². The molecule has 4 nitrogen and oxygen atoms in total. The van der Waals surface area contributed by atoms with Crippen LogP contribution in [0.5, 0.6) is 0 Å². The lowest BCUT2D eigenvalue weighted by Gasteiger charge is -2.24. The molecule has 0 saturated heterocycles. The van der Waals surface area contributed by atoms with Gasteiger partial charge in [0.15, 0.2) is 0 Å². The quantitative estimate of drug-likeness (QED) is 0.558. The largest absolute Gasteiger partial charge is 0.387 e. The Bertz CT molecular complexity index is 386. The van der Waals surface area contributed by atoms with Crippen LogP contribution in [-0.4, -0.2) is 35.9 Å². The highest BCUT2D eigenvalue weighted by Gasteiger charge is 2.20. The number of hydrogen-bond acceptors (Lipinski definition) is 3. The number of likely N-dealkylation sites (N-methyl/N-ethyl adjacent to an activating group) is 1. The number of nitrogens with one attached hydrogen (secondary N) is 1. The molecule has 0 fully saturated rings. The van der Waals surface area contributed by atoms with Crippen LogP contribution in [0.3, 0.4) is 0 Å². The van der Waals surface area contributed by atoms with Gasteiger partial charge >= 0.3 is 0 Å². The van der Waals surface area contributed by atoms with E-state index in [9.17, 15) is 0 Å². The molecule has 0 radical (unpaired) electrons. The molecule has 0 amide bonds. The van der Waals surface area contributed by atoms with Gasteiger partial charge in [0, 0.05) is 24.4 Å². The Labute approximate surface area is 116 Å². The predicted octanol–water partition coefficient (Wildman–Crippen LogP) is 2.30. The molecule has 0 atom stereocenters. The molecule has 0 aliphatic carbocycles. The summed E-state index contributed by atoms with van der Waals surface area (Å²) in [6.45, 7) is 6.16. The van der Waals surface area contributed by atoms with Crippen LogP contribution in [0.15, 0.2) is 24.5 Å². The molecule has 0 bridgehead atoms. The number of hydrogen-bond donors (Lipinski definition) is 2. The van der Waals surface area contributed by atoms with Crippen molar-refractivity contribution in [3.8, 4) is 0 Å². The average molecular weight is 262 g/mol. The second-order valence-corrected chi connectivity index (χ2v) is 5.81. The molecule has 1 aromatic rings. The fourth-order valence-electron chi connectivity index (χ4n) is 1.91. The highest BCUT2D eigenvalue weighted by Crippen LogP contribution is 2.21. The molecule has 0 saturated carbocycles. The summed E-state index contributed by atoms with van der Waals surface area (Å²) in [6, 6.07) is 4.12. The third-order valence-electron chi connectivity index (χ3n) is 3.60. The van der Waals surface area contributed by atoms with Crippen LogP contribution in [-0.2, 0) is 6.42 Å². The summed E-state index contributed by atoms with van der Waals surface area (Å²) < 4.78 is 0. The number of amidine groups is 1. The monoisotopic (exact) mass is 262 g/mol. The lowest BCUT2D eigenvalue weighted by atomic mass is 9.86. The zero-order chi connectivity index (χ0) is 14.3. The van der Waals surface area contributed by atoms with Crippen molar-refractivity contribution in [1.82, 2.24) is 9.88 Å². The van der Waals surface area contributed by atoms with Crippen LogP contribution in [0.25, 0.3) is 0 Å². The van der Waals surface area contributed by atoms with Gasteiger partial charge < -0.3 is 10.6 Å². The normalized spacial score (nSPS) is 11.8. The van der Waals surface area contributed by atoms with Gasteiger partial charge in [0.2, 0.25) is 0 Å². The maximum Gasteiger partial charge on any atom is 0.0963 e. The average Bonchev–Trinajstić information content (AvgIpc) is 2.37. The van der Waals surface area contributed by atoms with E-state index in [0.29, 0.717) is 0 Å². The Balaban J connectivity index is 2.22. The van der Waals surface area contributed by atoms with E-state index in [-0.39, 0.29) is 11.3 Å². The summed E-state index contributed by atoms with van der Waals surface area (Å²) in [5.74, 6) is 0.284. The fourth-order valence-corrected chi connectivity index (χ4v) is 1.91. The molecule has 1 rings (SSSR count). The number of pyridine rings is 1. The lowest BCUT2D eigenvalue weighted by molar-refractivity contribution is 0.310. The first-order valence-corrected chi connectivity index (χ1v) is 6.84. The van der Waals surface area contributed by atoms with Gasteiger partial charge in [0.1, 0.15) is 0 Å². The van der Waals surface area contributed by atoms with E-state index in [1.807, 2.05) is 26.2 Å². The highest BCUT2D eigenvalue weighted by atomic mass is 15.1. The topological polar surface area (TPSA) is 66.0 Å². The molecular formula is C15H26N4. The second kappa shape index (κ2) is 7.24. The molecule has 4 heteroatoms. The molecule has 1 heterocycles. The fraction of sp³-hybridized carbons (Fsp3) is 0.600. The van der Waals surface area contributed by atoms with Crippen LogP contribution in [0.4, 0.5) is 0 Å². The summed E-state index contributed by atoms with van der Waals surface area (Å²) in [5.41, 5.74) is 6.74. The molecule has 0 aliphatic rings. The van der Waals surface area contributed by atoms with Crippen LogP contribution in [0.1, 0.15) is 32.3 Å². The van der Waals surface area contributed by atoms with Crippen molar-refractivity contribution < 1.29 is 0 Å². The third kappa shape index (κ3) is 5.83. The molecule has 106 valence electrons. The van der Waals surface area contributed by atoms with Gasteiger partial charge in [0.05, 0.1) is 5.84 Å². The molecule has 0 unspecified atom stereocenters. The number of aromatic nitrogens is 1. The summed E-state index contributed by atoms with van der Waals surface area (Å²) in [4.78, 5) is 6.35. The summed E-state index contributed by atoms with van der Waals surface area (Å²) in [6.07, 6.45) is 6.76. The van der Waals surface area contributed by atoms with Crippen molar-refractivity contribution in [2.24, 2.45) is 11.1 Å². The van der Waals surface area contributed by atoms with Gasteiger partial charge in [-0.3, -0.25) is 10.4 Å². The first-order chi connectivity index (χ1) is 8.92. The minimum Gasteiger partial charge on any atom is -0.387 e. The van der Waals surface area contributed by atoms with Crippen LogP contribution in [0, 0.1) is 10.8 Å². The molecule has 0 spiro atoms. The second-order valence-electron chi connectivity index (χ2n) is 5.81. The Morgan fingerprint density at radius 1 is 1.32 bits per heavy atom. The number of nitrogens with zero attached hydrogens (tertiary/aromatic N) is 2. The van der Waals surface area contributed by atoms with E-state index in [2.05, 4.69) is 29.1 Å². The standard InChI is InChI=1S/C15H26N4/c1-15(2,14(16)17)8-4-11-19(3)12-7-13-5-9-18-10-6-13/h5-6,9-10H,4,7-8,11-12H2,1-3H3,(H3,16,17). The first-order valence-electron chi connectivity index (χ1n) is 6.84.